The number of halogens is 3. The number of aryl methyl sites for hydroxylation is 1. The van der Waals surface area contributed by atoms with E-state index in [0.29, 0.717) is 11.6 Å². The molecule has 0 saturated heterocycles. The second kappa shape index (κ2) is 5.28. The van der Waals surface area contributed by atoms with Gasteiger partial charge in [-0.15, -0.1) is 10.2 Å². The average Bonchev–Trinajstić information content (AvgIpc) is 3.08. The molecule has 0 fully saturated rings. The molecule has 0 aliphatic rings. The minimum absolute atomic E-state index is 0.0122. The Morgan fingerprint density at radius 2 is 1.86 bits per heavy atom. The Labute approximate surface area is 123 Å². The smallest absolute Gasteiger partial charge is 0.419 e. The number of benzene rings is 1. The van der Waals surface area contributed by atoms with Crippen LogP contribution in [0.5, 0.6) is 0 Å². The molecule has 0 spiro atoms. The van der Waals surface area contributed by atoms with Gasteiger partial charge < -0.3 is 4.42 Å². The van der Waals surface area contributed by atoms with Crippen molar-refractivity contribution in [2.24, 2.45) is 0 Å². The lowest BCUT2D eigenvalue weighted by Gasteiger charge is -2.01. The van der Waals surface area contributed by atoms with Crippen molar-refractivity contribution in [2.75, 3.05) is 0 Å². The summed E-state index contributed by atoms with van der Waals surface area (Å²) in [6.07, 6.45) is -4.47. The molecule has 5 nitrogen and oxygen atoms in total. The molecule has 0 saturated carbocycles. The Balaban J connectivity index is 1.83. The molecule has 3 aromatic rings. The highest BCUT2D eigenvalue weighted by Gasteiger charge is 2.34. The number of hydrogen-bond acceptors (Lipinski definition) is 4. The van der Waals surface area contributed by atoms with Crippen molar-refractivity contribution in [2.45, 2.75) is 19.6 Å². The number of hydrogen-bond donors (Lipinski definition) is 0. The Kier molecular flexibility index (Phi) is 3.44. The van der Waals surface area contributed by atoms with Crippen LogP contribution in [-0.4, -0.2) is 20.0 Å². The molecule has 0 radical (unpaired) electrons. The largest absolute Gasteiger partial charge is 0.435 e. The molecule has 0 aliphatic heterocycles. The fourth-order valence-corrected chi connectivity index (χ4v) is 1.95. The highest BCUT2D eigenvalue weighted by atomic mass is 19.4. The van der Waals surface area contributed by atoms with Crippen molar-refractivity contribution >= 4 is 0 Å². The zero-order valence-corrected chi connectivity index (χ0v) is 11.5. The standard InChI is InChI=1S/C14H11F3N4O/c1-9-7-11(14(15,16)17)20-21(9)8-12-18-19-13(22-12)10-5-3-2-4-6-10/h2-7H,8H2,1H3. The maximum Gasteiger partial charge on any atom is 0.435 e. The van der Waals surface area contributed by atoms with Crippen molar-refractivity contribution in [3.8, 4) is 11.5 Å². The average molecular weight is 308 g/mol. The second-order valence-corrected chi connectivity index (χ2v) is 4.69. The summed E-state index contributed by atoms with van der Waals surface area (Å²) in [6.45, 7) is 1.53. The van der Waals surface area contributed by atoms with Gasteiger partial charge in [-0.1, -0.05) is 18.2 Å². The highest BCUT2D eigenvalue weighted by Crippen LogP contribution is 2.28. The van der Waals surface area contributed by atoms with E-state index in [1.165, 1.54) is 11.6 Å². The third-order valence-electron chi connectivity index (χ3n) is 3.04. The number of aromatic nitrogens is 4. The third kappa shape index (κ3) is 2.85. The minimum Gasteiger partial charge on any atom is -0.419 e. The van der Waals surface area contributed by atoms with Gasteiger partial charge in [0.1, 0.15) is 6.54 Å². The molecule has 0 bridgehead atoms. The minimum atomic E-state index is -4.47. The van der Waals surface area contributed by atoms with E-state index in [-0.39, 0.29) is 12.4 Å². The molecule has 22 heavy (non-hydrogen) atoms. The molecular weight excluding hydrogens is 297 g/mol. The van der Waals surface area contributed by atoms with Crippen LogP contribution in [0.3, 0.4) is 0 Å². The van der Waals surface area contributed by atoms with Gasteiger partial charge >= 0.3 is 6.18 Å². The van der Waals surface area contributed by atoms with Gasteiger partial charge in [0.05, 0.1) is 0 Å². The van der Waals surface area contributed by atoms with Gasteiger partial charge in [-0.05, 0) is 25.1 Å². The van der Waals surface area contributed by atoms with Crippen LogP contribution in [0.2, 0.25) is 0 Å². The first kappa shape index (κ1) is 14.3. The van der Waals surface area contributed by atoms with Crippen LogP contribution in [0.1, 0.15) is 17.3 Å². The molecular formula is C14H11F3N4O. The molecule has 2 aromatic heterocycles. The molecule has 0 N–H and O–H groups in total. The van der Waals surface area contributed by atoms with Crippen LogP contribution in [0.4, 0.5) is 13.2 Å². The summed E-state index contributed by atoms with van der Waals surface area (Å²) in [5, 5.41) is 11.3. The fraction of sp³-hybridized carbons (Fsp3) is 0.214. The normalized spacial score (nSPS) is 11.8. The van der Waals surface area contributed by atoms with Crippen LogP contribution in [-0.2, 0) is 12.7 Å². The van der Waals surface area contributed by atoms with Gasteiger partial charge in [0.25, 0.3) is 0 Å². The Morgan fingerprint density at radius 3 is 2.50 bits per heavy atom. The van der Waals surface area contributed by atoms with Crippen molar-refractivity contribution in [1.29, 1.82) is 0 Å². The molecule has 0 unspecified atom stereocenters. The van der Waals surface area contributed by atoms with E-state index in [4.69, 9.17) is 4.42 Å². The first-order chi connectivity index (χ1) is 10.4. The van der Waals surface area contributed by atoms with E-state index in [1.54, 1.807) is 12.1 Å². The van der Waals surface area contributed by atoms with Crippen molar-refractivity contribution in [3.63, 3.8) is 0 Å². The van der Waals surface area contributed by atoms with Crippen LogP contribution >= 0.6 is 0 Å². The summed E-state index contributed by atoms with van der Waals surface area (Å²) >= 11 is 0. The van der Waals surface area contributed by atoms with E-state index in [2.05, 4.69) is 15.3 Å². The molecule has 2 heterocycles. The Hall–Kier alpha value is -2.64. The first-order valence-corrected chi connectivity index (χ1v) is 6.43. The van der Waals surface area contributed by atoms with Gasteiger partial charge in [0.15, 0.2) is 5.69 Å². The summed E-state index contributed by atoms with van der Waals surface area (Å²) in [7, 11) is 0. The van der Waals surface area contributed by atoms with Crippen LogP contribution < -0.4 is 0 Å². The maximum absolute atomic E-state index is 12.6. The van der Waals surface area contributed by atoms with Crippen LogP contribution in [0, 0.1) is 6.92 Å². The van der Waals surface area contributed by atoms with Crippen molar-refractivity contribution < 1.29 is 17.6 Å². The van der Waals surface area contributed by atoms with Crippen LogP contribution in [0.25, 0.3) is 11.5 Å². The van der Waals surface area contributed by atoms with E-state index >= 15 is 0 Å². The topological polar surface area (TPSA) is 56.7 Å². The SMILES string of the molecule is Cc1cc(C(F)(F)F)nn1Cc1nnc(-c2ccccc2)o1. The molecule has 1 aromatic carbocycles. The van der Waals surface area contributed by atoms with Crippen molar-refractivity contribution in [1.82, 2.24) is 20.0 Å². The lowest BCUT2D eigenvalue weighted by atomic mass is 10.2. The lowest BCUT2D eigenvalue weighted by molar-refractivity contribution is -0.141. The van der Waals surface area contributed by atoms with E-state index in [1.807, 2.05) is 18.2 Å². The summed E-state index contributed by atoms with van der Waals surface area (Å²) < 4.78 is 44.5. The summed E-state index contributed by atoms with van der Waals surface area (Å²) in [4.78, 5) is 0. The molecule has 114 valence electrons. The van der Waals surface area contributed by atoms with E-state index in [9.17, 15) is 13.2 Å². The Bertz CT molecular complexity index is 777. The molecule has 0 aliphatic carbocycles. The maximum atomic E-state index is 12.6. The number of alkyl halides is 3. The fourth-order valence-electron chi connectivity index (χ4n) is 1.95. The van der Waals surface area contributed by atoms with E-state index in [0.717, 1.165) is 11.6 Å². The second-order valence-electron chi connectivity index (χ2n) is 4.69. The van der Waals surface area contributed by atoms with Gasteiger partial charge in [0, 0.05) is 11.3 Å². The molecule has 0 amide bonds. The van der Waals surface area contributed by atoms with Crippen molar-refractivity contribution in [3.05, 3.63) is 53.7 Å². The Morgan fingerprint density at radius 1 is 1.14 bits per heavy atom. The summed E-state index contributed by atoms with van der Waals surface area (Å²) in [5.41, 5.74) is 0.175. The number of rotatable bonds is 3. The third-order valence-corrected chi connectivity index (χ3v) is 3.04. The lowest BCUT2D eigenvalue weighted by Crippen LogP contribution is -2.09. The predicted octanol–water partition coefficient (Wildman–Crippen LogP) is 3.31. The molecule has 3 rings (SSSR count). The van der Waals surface area contributed by atoms with Gasteiger partial charge in [-0.2, -0.15) is 18.3 Å². The van der Waals surface area contributed by atoms with Gasteiger partial charge in [-0.3, -0.25) is 4.68 Å². The van der Waals surface area contributed by atoms with Crippen LogP contribution in [0.15, 0.2) is 40.8 Å². The summed E-state index contributed by atoms with van der Waals surface area (Å²) in [6, 6.07) is 10.1. The summed E-state index contributed by atoms with van der Waals surface area (Å²) in [5.74, 6) is 0.509. The van der Waals surface area contributed by atoms with E-state index < -0.39 is 11.9 Å². The molecule has 0 atom stereocenters. The van der Waals surface area contributed by atoms with Gasteiger partial charge in [-0.25, -0.2) is 0 Å². The number of nitrogens with zero attached hydrogens (tertiary/aromatic N) is 4. The monoisotopic (exact) mass is 308 g/mol. The highest BCUT2D eigenvalue weighted by molar-refractivity contribution is 5.51. The quantitative estimate of drug-likeness (QED) is 0.745. The van der Waals surface area contributed by atoms with Gasteiger partial charge in [0.2, 0.25) is 11.8 Å². The zero-order chi connectivity index (χ0) is 15.7. The molecule has 8 heteroatoms. The zero-order valence-electron chi connectivity index (χ0n) is 11.5. The first-order valence-electron chi connectivity index (χ1n) is 6.43. The predicted molar refractivity (Wildman–Crippen MR) is 70.8 cm³/mol.